The third-order valence-corrected chi connectivity index (χ3v) is 5.86. The summed E-state index contributed by atoms with van der Waals surface area (Å²) in [5.74, 6) is 0.444. The first-order chi connectivity index (χ1) is 10.8. The van der Waals surface area contributed by atoms with Gasteiger partial charge in [0.15, 0.2) is 4.90 Å². The van der Waals surface area contributed by atoms with Crippen LogP contribution in [0.4, 0.5) is 5.69 Å². The quantitative estimate of drug-likeness (QED) is 0.585. The van der Waals surface area contributed by atoms with Gasteiger partial charge >= 0.3 is 0 Å². The van der Waals surface area contributed by atoms with Gasteiger partial charge in [-0.05, 0) is 57.7 Å². The lowest BCUT2D eigenvalue weighted by atomic mass is 9.96. The Morgan fingerprint density at radius 2 is 2.00 bits per heavy atom. The number of rotatable bonds is 6. The average Bonchev–Trinajstić information content (AvgIpc) is 2.49. The van der Waals surface area contributed by atoms with Gasteiger partial charge in [0.2, 0.25) is 10.0 Å². The molecule has 0 saturated carbocycles. The van der Waals surface area contributed by atoms with Crippen LogP contribution in [-0.4, -0.2) is 33.0 Å². The van der Waals surface area contributed by atoms with Crippen molar-refractivity contribution in [2.24, 2.45) is 5.92 Å². The van der Waals surface area contributed by atoms with Crippen LogP contribution in [0.5, 0.6) is 0 Å². The molecular formula is C15H24ClN3O4S. The minimum absolute atomic E-state index is 0. The molecule has 7 nitrogen and oxygen atoms in total. The van der Waals surface area contributed by atoms with Crippen LogP contribution in [-0.2, 0) is 10.0 Å². The van der Waals surface area contributed by atoms with E-state index in [1.807, 2.05) is 0 Å². The van der Waals surface area contributed by atoms with Gasteiger partial charge in [-0.15, -0.1) is 12.4 Å². The molecule has 24 heavy (non-hydrogen) atoms. The smallest absolute Gasteiger partial charge is 0.292 e. The molecular weight excluding hydrogens is 354 g/mol. The Balaban J connectivity index is 0.00000288. The summed E-state index contributed by atoms with van der Waals surface area (Å²) >= 11 is 0. The molecule has 0 aliphatic carbocycles. The monoisotopic (exact) mass is 377 g/mol. The number of halogens is 1. The van der Waals surface area contributed by atoms with Gasteiger partial charge in [0, 0.05) is 12.1 Å². The van der Waals surface area contributed by atoms with E-state index < -0.39 is 14.9 Å². The molecule has 9 heteroatoms. The highest BCUT2D eigenvalue weighted by Crippen LogP contribution is 2.30. The van der Waals surface area contributed by atoms with Gasteiger partial charge in [0.05, 0.1) is 4.92 Å². The zero-order valence-corrected chi connectivity index (χ0v) is 15.5. The van der Waals surface area contributed by atoms with Crippen molar-refractivity contribution in [1.29, 1.82) is 0 Å². The Morgan fingerprint density at radius 1 is 1.33 bits per heavy atom. The van der Waals surface area contributed by atoms with Crippen LogP contribution in [0.15, 0.2) is 17.0 Å². The van der Waals surface area contributed by atoms with Crippen molar-refractivity contribution in [3.8, 4) is 0 Å². The van der Waals surface area contributed by atoms with Crippen molar-refractivity contribution in [3.63, 3.8) is 0 Å². The predicted octanol–water partition coefficient (Wildman–Crippen LogP) is 2.30. The molecule has 1 atom stereocenters. The third kappa shape index (κ3) is 4.89. The first-order valence-corrected chi connectivity index (χ1v) is 9.26. The molecule has 1 saturated heterocycles. The number of nitro groups is 1. The number of sulfonamides is 1. The number of hydrogen-bond donors (Lipinski definition) is 2. The number of nitro benzene ring substituents is 1. The van der Waals surface area contributed by atoms with Crippen molar-refractivity contribution in [1.82, 2.24) is 10.0 Å². The standard InChI is InChI=1S/C15H23N3O4S.ClH/c1-11-5-6-12(2)15(14(11)18(19)20)23(21,22)17-9-7-13-4-3-8-16-10-13;/h5-6,13,16-17H,3-4,7-10H2,1-2H3;1H. The van der Waals surface area contributed by atoms with Gasteiger partial charge in [-0.2, -0.15) is 0 Å². The Labute approximate surface area is 148 Å². The van der Waals surface area contributed by atoms with Gasteiger partial charge in [-0.3, -0.25) is 10.1 Å². The predicted molar refractivity (Wildman–Crippen MR) is 95.2 cm³/mol. The maximum absolute atomic E-state index is 12.5. The second-order valence-corrected chi connectivity index (χ2v) is 7.74. The molecule has 1 unspecified atom stereocenters. The SMILES string of the molecule is Cc1ccc(C)c(S(=O)(=O)NCCC2CCCNC2)c1[N+](=O)[O-].Cl. The minimum atomic E-state index is -3.90. The molecule has 0 amide bonds. The van der Waals surface area contributed by atoms with Gasteiger partial charge in [-0.1, -0.05) is 12.1 Å². The zero-order valence-electron chi connectivity index (χ0n) is 13.9. The van der Waals surface area contributed by atoms with E-state index >= 15 is 0 Å². The van der Waals surface area contributed by atoms with Crippen LogP contribution < -0.4 is 10.0 Å². The summed E-state index contributed by atoms with van der Waals surface area (Å²) in [6.07, 6.45) is 2.91. The topological polar surface area (TPSA) is 101 Å². The van der Waals surface area contributed by atoms with Crippen LogP contribution in [0.1, 0.15) is 30.4 Å². The molecule has 1 aliphatic heterocycles. The van der Waals surface area contributed by atoms with E-state index in [4.69, 9.17) is 0 Å². The molecule has 2 rings (SSSR count). The summed E-state index contributed by atoms with van der Waals surface area (Å²) in [6.45, 7) is 5.32. The van der Waals surface area contributed by atoms with Gasteiger partial charge in [-0.25, -0.2) is 13.1 Å². The number of nitrogens with zero attached hydrogens (tertiary/aromatic N) is 1. The van der Waals surface area contributed by atoms with Crippen molar-refractivity contribution in [3.05, 3.63) is 33.4 Å². The van der Waals surface area contributed by atoms with Crippen LogP contribution in [0, 0.1) is 29.9 Å². The fourth-order valence-electron chi connectivity index (χ4n) is 2.98. The Bertz CT molecular complexity index is 688. The second-order valence-electron chi connectivity index (χ2n) is 6.03. The molecule has 1 fully saturated rings. The fraction of sp³-hybridized carbons (Fsp3) is 0.600. The molecule has 0 bridgehead atoms. The van der Waals surface area contributed by atoms with E-state index in [1.165, 1.54) is 0 Å². The number of benzene rings is 1. The lowest BCUT2D eigenvalue weighted by molar-refractivity contribution is -0.388. The summed E-state index contributed by atoms with van der Waals surface area (Å²) in [4.78, 5) is 10.4. The van der Waals surface area contributed by atoms with Crippen LogP contribution in [0.3, 0.4) is 0 Å². The normalized spacial score (nSPS) is 18.0. The summed E-state index contributed by atoms with van der Waals surface area (Å²) in [6, 6.07) is 3.17. The maximum atomic E-state index is 12.5. The molecule has 0 aromatic heterocycles. The Morgan fingerprint density at radius 3 is 2.58 bits per heavy atom. The van der Waals surface area contributed by atoms with E-state index in [-0.39, 0.29) is 23.0 Å². The molecule has 0 radical (unpaired) electrons. The number of piperidine rings is 1. The molecule has 2 N–H and O–H groups in total. The fourth-order valence-corrected chi connectivity index (χ4v) is 4.49. The van der Waals surface area contributed by atoms with Crippen LogP contribution in [0.2, 0.25) is 0 Å². The van der Waals surface area contributed by atoms with E-state index in [2.05, 4.69) is 10.0 Å². The van der Waals surface area contributed by atoms with E-state index in [9.17, 15) is 18.5 Å². The van der Waals surface area contributed by atoms with Gasteiger partial charge < -0.3 is 5.32 Å². The number of hydrogen-bond acceptors (Lipinski definition) is 5. The van der Waals surface area contributed by atoms with E-state index in [0.717, 1.165) is 32.4 Å². The minimum Gasteiger partial charge on any atom is -0.316 e. The van der Waals surface area contributed by atoms with E-state index in [0.29, 0.717) is 23.6 Å². The molecule has 1 aromatic rings. The first-order valence-electron chi connectivity index (χ1n) is 7.78. The zero-order chi connectivity index (χ0) is 17.0. The van der Waals surface area contributed by atoms with Crippen molar-refractivity contribution in [2.75, 3.05) is 19.6 Å². The summed E-state index contributed by atoms with van der Waals surface area (Å²) < 4.78 is 27.6. The Hall–Kier alpha value is -1.22. The highest BCUT2D eigenvalue weighted by Gasteiger charge is 2.29. The van der Waals surface area contributed by atoms with Crippen LogP contribution >= 0.6 is 12.4 Å². The maximum Gasteiger partial charge on any atom is 0.292 e. The first kappa shape index (κ1) is 20.8. The van der Waals surface area contributed by atoms with Crippen molar-refractivity contribution >= 4 is 28.1 Å². The summed E-state index contributed by atoms with van der Waals surface area (Å²) in [5, 5.41) is 14.6. The van der Waals surface area contributed by atoms with Crippen LogP contribution in [0.25, 0.3) is 0 Å². The second kappa shape index (κ2) is 8.75. The lowest BCUT2D eigenvalue weighted by Crippen LogP contribution is -2.33. The highest BCUT2D eigenvalue weighted by molar-refractivity contribution is 7.89. The third-order valence-electron chi connectivity index (χ3n) is 4.22. The molecule has 1 heterocycles. The lowest BCUT2D eigenvalue weighted by Gasteiger charge is -2.22. The van der Waals surface area contributed by atoms with Crippen molar-refractivity contribution < 1.29 is 13.3 Å². The number of aryl methyl sites for hydroxylation is 2. The average molecular weight is 378 g/mol. The number of nitrogens with one attached hydrogen (secondary N) is 2. The molecule has 136 valence electrons. The molecule has 1 aromatic carbocycles. The Kier molecular flexibility index (Phi) is 7.59. The summed E-state index contributed by atoms with van der Waals surface area (Å²) in [7, 11) is -3.90. The molecule has 0 spiro atoms. The largest absolute Gasteiger partial charge is 0.316 e. The van der Waals surface area contributed by atoms with E-state index in [1.54, 1.807) is 26.0 Å². The molecule has 1 aliphatic rings. The van der Waals surface area contributed by atoms with Gasteiger partial charge in [0.1, 0.15) is 0 Å². The van der Waals surface area contributed by atoms with Gasteiger partial charge in [0.25, 0.3) is 5.69 Å². The highest BCUT2D eigenvalue weighted by atomic mass is 35.5. The van der Waals surface area contributed by atoms with Crippen molar-refractivity contribution in [2.45, 2.75) is 38.0 Å². The summed E-state index contributed by atoms with van der Waals surface area (Å²) in [5.41, 5.74) is 0.392.